The van der Waals surface area contributed by atoms with Crippen molar-refractivity contribution in [3.05, 3.63) is 15.1 Å². The molecule has 0 aliphatic carbocycles. The third-order valence-corrected chi connectivity index (χ3v) is 3.09. The van der Waals surface area contributed by atoms with E-state index in [0.717, 1.165) is 11.5 Å². The van der Waals surface area contributed by atoms with Gasteiger partial charge < -0.3 is 5.32 Å². The normalized spacial score (nSPS) is 11.5. The van der Waals surface area contributed by atoms with Crippen molar-refractivity contribution >= 4 is 40.6 Å². The maximum atomic E-state index is 11.6. The molecular formula is C8H10Cl2N2OS. The van der Waals surface area contributed by atoms with Gasteiger partial charge in [-0.15, -0.1) is 0 Å². The van der Waals surface area contributed by atoms with Crippen LogP contribution in [0.2, 0.25) is 10.2 Å². The van der Waals surface area contributed by atoms with E-state index >= 15 is 0 Å². The van der Waals surface area contributed by atoms with Crippen LogP contribution in [0, 0.1) is 0 Å². The van der Waals surface area contributed by atoms with Crippen LogP contribution in [0.4, 0.5) is 0 Å². The Labute approximate surface area is 96.6 Å². The Hall–Kier alpha value is -0.320. The molecule has 6 heteroatoms. The van der Waals surface area contributed by atoms with Crippen molar-refractivity contribution in [3.8, 4) is 0 Å². The zero-order valence-electron chi connectivity index (χ0n) is 8.02. The first kappa shape index (κ1) is 11.8. The molecular weight excluding hydrogens is 243 g/mol. The summed E-state index contributed by atoms with van der Waals surface area (Å²) in [5.41, 5.74) is -0.295. The highest BCUT2D eigenvalue weighted by molar-refractivity contribution is 7.09. The maximum Gasteiger partial charge on any atom is 0.264 e. The average Bonchev–Trinajstić information content (AvgIpc) is 2.29. The molecule has 0 saturated carbocycles. The van der Waals surface area contributed by atoms with Crippen LogP contribution in [0.15, 0.2) is 0 Å². The number of aromatic nitrogens is 1. The third kappa shape index (κ3) is 2.83. The molecule has 78 valence electrons. The SMILES string of the molecule is CC(C)(C)NC(=O)c1snc(Cl)c1Cl. The summed E-state index contributed by atoms with van der Waals surface area (Å²) in [5.74, 6) is -0.244. The minimum absolute atomic E-state index is 0.177. The fourth-order valence-electron chi connectivity index (χ4n) is 0.798. The van der Waals surface area contributed by atoms with E-state index in [4.69, 9.17) is 23.2 Å². The molecule has 0 spiro atoms. The lowest BCUT2D eigenvalue weighted by Crippen LogP contribution is -2.40. The first-order valence-corrected chi connectivity index (χ1v) is 5.47. The maximum absolute atomic E-state index is 11.6. The quantitative estimate of drug-likeness (QED) is 0.835. The van der Waals surface area contributed by atoms with Crippen molar-refractivity contribution in [2.75, 3.05) is 0 Å². The Morgan fingerprint density at radius 2 is 2.00 bits per heavy atom. The van der Waals surface area contributed by atoms with Gasteiger partial charge in [-0.1, -0.05) is 23.2 Å². The average molecular weight is 253 g/mol. The highest BCUT2D eigenvalue weighted by Gasteiger charge is 2.21. The van der Waals surface area contributed by atoms with Crippen molar-refractivity contribution < 1.29 is 4.79 Å². The molecule has 0 fully saturated rings. The van der Waals surface area contributed by atoms with Gasteiger partial charge in [0, 0.05) is 5.54 Å². The molecule has 3 nitrogen and oxygen atoms in total. The molecule has 1 aromatic rings. The second-order valence-electron chi connectivity index (χ2n) is 3.82. The minimum Gasteiger partial charge on any atom is -0.347 e. The van der Waals surface area contributed by atoms with E-state index in [0.29, 0.717) is 4.88 Å². The largest absolute Gasteiger partial charge is 0.347 e. The summed E-state index contributed by atoms with van der Waals surface area (Å²) in [7, 11) is 0. The highest BCUT2D eigenvalue weighted by Crippen LogP contribution is 2.28. The second-order valence-corrected chi connectivity index (χ2v) is 5.33. The fourth-order valence-corrected chi connectivity index (χ4v) is 1.91. The number of nitrogens with zero attached hydrogens (tertiary/aromatic N) is 1. The molecule has 0 bridgehead atoms. The van der Waals surface area contributed by atoms with Gasteiger partial charge in [-0.3, -0.25) is 4.79 Å². The van der Waals surface area contributed by atoms with Crippen LogP contribution in [0.1, 0.15) is 30.4 Å². The molecule has 1 rings (SSSR count). The van der Waals surface area contributed by atoms with E-state index in [1.54, 1.807) is 0 Å². The topological polar surface area (TPSA) is 42.0 Å². The van der Waals surface area contributed by atoms with Gasteiger partial charge in [-0.25, -0.2) is 0 Å². The molecule has 0 radical (unpaired) electrons. The van der Waals surface area contributed by atoms with Crippen molar-refractivity contribution in [2.24, 2.45) is 0 Å². The first-order valence-electron chi connectivity index (χ1n) is 3.94. The zero-order valence-corrected chi connectivity index (χ0v) is 10.3. The van der Waals surface area contributed by atoms with Gasteiger partial charge in [-0.2, -0.15) is 4.37 Å². The summed E-state index contributed by atoms with van der Waals surface area (Å²) in [6.07, 6.45) is 0. The van der Waals surface area contributed by atoms with Gasteiger partial charge in [0.25, 0.3) is 5.91 Å². The van der Waals surface area contributed by atoms with Crippen LogP contribution < -0.4 is 5.32 Å². The number of hydrogen-bond donors (Lipinski definition) is 1. The van der Waals surface area contributed by atoms with Crippen LogP contribution in [0.25, 0.3) is 0 Å². The molecule has 1 heterocycles. The van der Waals surface area contributed by atoms with E-state index in [2.05, 4.69) is 9.69 Å². The van der Waals surface area contributed by atoms with Gasteiger partial charge in [0.15, 0.2) is 5.15 Å². The second kappa shape index (κ2) is 4.04. The highest BCUT2D eigenvalue weighted by atomic mass is 35.5. The van der Waals surface area contributed by atoms with Crippen molar-refractivity contribution in [1.82, 2.24) is 9.69 Å². The van der Waals surface area contributed by atoms with E-state index in [1.807, 2.05) is 20.8 Å². The summed E-state index contributed by atoms with van der Waals surface area (Å²) in [6.45, 7) is 5.67. The van der Waals surface area contributed by atoms with Crippen molar-refractivity contribution in [2.45, 2.75) is 26.3 Å². The molecule has 0 aliphatic heterocycles. The lowest BCUT2D eigenvalue weighted by atomic mass is 10.1. The number of amides is 1. The Balaban J connectivity index is 2.86. The van der Waals surface area contributed by atoms with Gasteiger partial charge in [-0.05, 0) is 32.3 Å². The van der Waals surface area contributed by atoms with E-state index in [-0.39, 0.29) is 21.6 Å². The van der Waals surface area contributed by atoms with Gasteiger partial charge >= 0.3 is 0 Å². The number of hydrogen-bond acceptors (Lipinski definition) is 3. The number of rotatable bonds is 1. The summed E-state index contributed by atoms with van der Waals surface area (Å²) < 4.78 is 3.78. The minimum atomic E-state index is -0.295. The number of halogens is 2. The molecule has 1 amide bonds. The molecule has 0 atom stereocenters. The van der Waals surface area contributed by atoms with E-state index in [9.17, 15) is 4.79 Å². The van der Waals surface area contributed by atoms with Gasteiger partial charge in [0.05, 0.1) is 0 Å². The lowest BCUT2D eigenvalue weighted by Gasteiger charge is -2.19. The predicted molar refractivity (Wildman–Crippen MR) is 59.4 cm³/mol. The number of carbonyl (C=O) groups excluding carboxylic acids is 1. The van der Waals surface area contributed by atoms with Crippen LogP contribution >= 0.6 is 34.7 Å². The number of carbonyl (C=O) groups is 1. The Bertz CT molecular complexity index is 357. The smallest absolute Gasteiger partial charge is 0.264 e. The molecule has 0 aliphatic rings. The van der Waals surface area contributed by atoms with E-state index in [1.165, 1.54) is 0 Å². The van der Waals surface area contributed by atoms with Crippen LogP contribution in [0.3, 0.4) is 0 Å². The Morgan fingerprint density at radius 1 is 1.43 bits per heavy atom. The number of nitrogens with one attached hydrogen (secondary N) is 1. The summed E-state index contributed by atoms with van der Waals surface area (Å²) in [6, 6.07) is 0. The predicted octanol–water partition coefficient (Wildman–Crippen LogP) is 2.98. The van der Waals surface area contributed by atoms with Crippen LogP contribution in [0.5, 0.6) is 0 Å². The van der Waals surface area contributed by atoms with Crippen molar-refractivity contribution in [3.63, 3.8) is 0 Å². The monoisotopic (exact) mass is 252 g/mol. The lowest BCUT2D eigenvalue weighted by molar-refractivity contribution is 0.0924. The Kier molecular flexibility index (Phi) is 3.40. The van der Waals surface area contributed by atoms with Crippen molar-refractivity contribution in [1.29, 1.82) is 0 Å². The molecule has 14 heavy (non-hydrogen) atoms. The van der Waals surface area contributed by atoms with Crippen LogP contribution in [-0.4, -0.2) is 15.8 Å². The first-order chi connectivity index (χ1) is 6.31. The van der Waals surface area contributed by atoms with Crippen LogP contribution in [-0.2, 0) is 0 Å². The molecule has 0 unspecified atom stereocenters. The molecule has 0 aromatic carbocycles. The molecule has 1 N–H and O–H groups in total. The fraction of sp³-hybridized carbons (Fsp3) is 0.500. The summed E-state index contributed by atoms with van der Waals surface area (Å²) >= 11 is 12.4. The van der Waals surface area contributed by atoms with Gasteiger partial charge in [0.1, 0.15) is 9.90 Å². The summed E-state index contributed by atoms with van der Waals surface area (Å²) in [5, 5.41) is 3.18. The molecule has 1 aromatic heterocycles. The van der Waals surface area contributed by atoms with Gasteiger partial charge in [0.2, 0.25) is 0 Å². The van der Waals surface area contributed by atoms with E-state index < -0.39 is 0 Å². The standard InChI is InChI=1S/C8H10Cl2N2OS/c1-8(2,3)11-7(13)5-4(9)6(10)12-14-5/h1-3H3,(H,11,13). The zero-order chi connectivity index (χ0) is 10.9. The Morgan fingerprint density at radius 3 is 2.36 bits per heavy atom. The molecule has 0 saturated heterocycles. The third-order valence-electron chi connectivity index (χ3n) is 1.29. The summed E-state index contributed by atoms with van der Waals surface area (Å²) in [4.78, 5) is 12.0.